The van der Waals surface area contributed by atoms with E-state index in [4.69, 9.17) is 4.84 Å². The molecule has 2 saturated heterocycles. The molecule has 1 saturated carbocycles. The van der Waals surface area contributed by atoms with Gasteiger partial charge in [0, 0.05) is 101 Å². The van der Waals surface area contributed by atoms with Crippen molar-refractivity contribution in [1.82, 2.24) is 5.06 Å². The maximum Gasteiger partial charge on any atom is 0.333 e. The zero-order valence-electron chi connectivity index (χ0n) is 38.8. The van der Waals surface area contributed by atoms with Gasteiger partial charge in [-0.25, -0.2) is 26.2 Å². The monoisotopic (exact) mass is 994 g/mol. The van der Waals surface area contributed by atoms with E-state index in [-0.39, 0.29) is 37.6 Å². The molecule has 4 aliphatic heterocycles. The van der Waals surface area contributed by atoms with Gasteiger partial charge in [-0.3, -0.25) is 14.6 Å². The lowest BCUT2D eigenvalue weighted by molar-refractivity contribution is -0.777. The number of imide groups is 1. The molecule has 0 bridgehead atoms. The number of rotatable bonds is 17. The first-order valence-corrected chi connectivity index (χ1v) is 26.8. The minimum atomic E-state index is -4.87. The Balaban J connectivity index is 1.25. The second kappa shape index (κ2) is 21.1. The number of likely N-dealkylation sites (N-methyl/N-ethyl adjacent to an activating group) is 1. The van der Waals surface area contributed by atoms with E-state index >= 15 is 0 Å². The zero-order valence-corrected chi connectivity index (χ0v) is 41.3. The van der Waals surface area contributed by atoms with Gasteiger partial charge in [0.2, 0.25) is 5.71 Å². The van der Waals surface area contributed by atoms with Gasteiger partial charge < -0.3 is 29.0 Å². The normalized spacial score (nSPS) is 23.2. The molecule has 0 radical (unpaired) electrons. The lowest BCUT2D eigenvalue weighted by Gasteiger charge is -2.31. The number of benzene rings is 2. The topological polar surface area (TPSA) is 229 Å². The van der Waals surface area contributed by atoms with Crippen LogP contribution in [0.2, 0.25) is 0 Å². The third-order valence-corrected chi connectivity index (χ3v) is 15.9. The number of fused-ring (bicyclic) bond motifs is 2. The van der Waals surface area contributed by atoms with Crippen LogP contribution in [0.5, 0.6) is 0 Å². The number of hydrogen-bond acceptors (Lipinski definition) is 16. The number of amides is 2. The van der Waals surface area contributed by atoms with E-state index < -0.39 is 54.1 Å². The fraction of sp³-hybridized carbons (Fsp3) is 0.500. The largest absolute Gasteiger partial charge is 0.748 e. The molecule has 1 atom stereocenters. The van der Waals surface area contributed by atoms with Gasteiger partial charge in [0.05, 0.1) is 27.1 Å². The first kappa shape index (κ1) is 51.2. The summed E-state index contributed by atoms with van der Waals surface area (Å²) in [5.74, 6) is -2.45. The average Bonchev–Trinajstić information content (AvgIpc) is 3.80. The Morgan fingerprint density at radius 3 is 2.10 bits per heavy atom. The Bertz CT molecular complexity index is 2680. The van der Waals surface area contributed by atoms with E-state index in [0.717, 1.165) is 102 Å². The highest BCUT2D eigenvalue weighted by atomic mass is 32.2. The van der Waals surface area contributed by atoms with E-state index in [1.807, 2.05) is 43.1 Å². The van der Waals surface area contributed by atoms with Crippen LogP contribution in [-0.4, -0.2) is 91.5 Å². The van der Waals surface area contributed by atoms with Crippen molar-refractivity contribution in [3.63, 3.8) is 0 Å². The number of piperidine rings is 1. The van der Waals surface area contributed by atoms with Crippen molar-refractivity contribution < 1.29 is 64.4 Å². The van der Waals surface area contributed by atoms with Crippen molar-refractivity contribution in [3.05, 3.63) is 94.4 Å². The minimum Gasteiger partial charge on any atom is -0.748 e. The van der Waals surface area contributed by atoms with Crippen molar-refractivity contribution in [2.24, 2.45) is 0 Å². The molecule has 1 aliphatic carbocycles. The van der Waals surface area contributed by atoms with E-state index in [1.54, 1.807) is 6.07 Å². The van der Waals surface area contributed by atoms with E-state index in [9.17, 15) is 45.6 Å². The summed E-state index contributed by atoms with van der Waals surface area (Å²) in [5, 5.41) is 14.6. The lowest BCUT2D eigenvalue weighted by Crippen LogP contribution is -2.32. The summed E-state index contributed by atoms with van der Waals surface area (Å²) in [4.78, 5) is 46.0. The third-order valence-electron chi connectivity index (χ3n) is 13.8. The maximum absolute atomic E-state index is 12.6. The summed E-state index contributed by atoms with van der Waals surface area (Å²) in [6.07, 6.45) is 16.0. The van der Waals surface area contributed by atoms with Gasteiger partial charge in [-0.1, -0.05) is 38.8 Å². The van der Waals surface area contributed by atoms with Crippen molar-refractivity contribution in [3.8, 4) is 0 Å². The predicted octanol–water partition coefficient (Wildman–Crippen LogP) is 6.26. The highest BCUT2D eigenvalue weighted by Crippen LogP contribution is 2.52. The molecule has 17 nitrogen and oxygen atoms in total. The van der Waals surface area contributed by atoms with Crippen LogP contribution in [0.1, 0.15) is 122 Å². The predicted molar refractivity (Wildman–Crippen MR) is 249 cm³/mol. The molecule has 2 amide bonds. The molecule has 4 heterocycles. The SMILES string of the molecule is CN1C(=CC=C2CCCC(=CC=C3N(CCCS(=O)(=O)[O-])c4ccc(S(=O)(=O)[O-])cc4C3(C)CCCCCC(=O)ON3C(=O)CCC3=O)C2=[N+]2CCCCC2)C(C)(C)c2cc(SOO[O-])ccc21. The van der Waals surface area contributed by atoms with Crippen molar-refractivity contribution in [2.45, 2.75) is 131 Å². The number of unbranched alkanes of at least 4 members (excludes halogenated alkanes) is 2. The molecule has 20 heteroatoms. The van der Waals surface area contributed by atoms with E-state index in [2.05, 4.69) is 50.9 Å². The van der Waals surface area contributed by atoms with Gasteiger partial charge in [-0.15, -0.1) is 5.06 Å². The fourth-order valence-electron chi connectivity index (χ4n) is 10.4. The first-order valence-electron chi connectivity index (χ1n) is 23.1. The second-order valence-electron chi connectivity index (χ2n) is 18.7. The van der Waals surface area contributed by atoms with Crippen LogP contribution in [0.15, 0.2) is 93.0 Å². The standard InChI is InChI=1S/C48H60N4O13S3/c1-47(2)37-31-35(66-65-64-56)18-20-39(37)49(4)41(47)22-16-33-13-11-14-34(46(33)50-27-9-6-10-28-50)17-23-42-48(3,26-8-5-7-15-45(55)63-52-43(53)24-25-44(52)54)38-32-36(68(60,61)62)19-21-40(38)51(42)29-12-30-67(57,58)59/h16-23,31-32H,5-15,24-30H2,1-4H3,(H2-,56,57,58,59,60,61,62)/p-2. The van der Waals surface area contributed by atoms with Gasteiger partial charge in [0.15, 0.2) is 0 Å². The summed E-state index contributed by atoms with van der Waals surface area (Å²) >= 11 is 0.854. The summed E-state index contributed by atoms with van der Waals surface area (Å²) in [6.45, 7) is 8.16. The molecule has 368 valence electrons. The van der Waals surface area contributed by atoms with Crippen molar-refractivity contribution in [1.29, 1.82) is 0 Å². The smallest absolute Gasteiger partial charge is 0.333 e. The molecule has 2 aromatic carbocycles. The number of nitrogens with zero attached hydrogens (tertiary/aromatic N) is 4. The van der Waals surface area contributed by atoms with Gasteiger partial charge in [-0.2, -0.15) is 4.33 Å². The summed E-state index contributed by atoms with van der Waals surface area (Å²) in [7, 11) is -7.39. The van der Waals surface area contributed by atoms with Crippen LogP contribution >= 0.6 is 12.0 Å². The number of carbonyl (C=O) groups is 3. The quantitative estimate of drug-likeness (QED) is 0.0324. The highest BCUT2D eigenvalue weighted by Gasteiger charge is 2.44. The van der Waals surface area contributed by atoms with Gasteiger partial charge in [0.1, 0.15) is 23.2 Å². The molecule has 7 rings (SSSR count). The van der Waals surface area contributed by atoms with Gasteiger partial charge in [0.25, 0.3) is 11.8 Å². The zero-order chi connectivity index (χ0) is 49.0. The molecule has 1 unspecified atom stereocenters. The molecule has 3 fully saturated rings. The molecule has 2 aromatic rings. The third kappa shape index (κ3) is 11.3. The van der Waals surface area contributed by atoms with E-state index in [0.29, 0.717) is 42.0 Å². The van der Waals surface area contributed by atoms with Crippen molar-refractivity contribution in [2.75, 3.05) is 42.2 Å². The molecular weight excluding hydrogens is 937 g/mol. The Kier molecular flexibility index (Phi) is 15.9. The molecule has 0 aromatic heterocycles. The second-order valence-corrected chi connectivity index (χ2v) is 22.3. The Hall–Kier alpha value is -4.67. The number of hydrogen-bond donors (Lipinski definition) is 0. The Labute approximate surface area is 402 Å². The minimum absolute atomic E-state index is 0.00907. The molecule has 5 aliphatic rings. The maximum atomic E-state index is 12.6. The van der Waals surface area contributed by atoms with Crippen LogP contribution in [-0.2, 0) is 59.7 Å². The fourth-order valence-corrected chi connectivity index (χ4v) is 11.7. The number of carbonyl (C=O) groups excluding carboxylic acids is 3. The van der Waals surface area contributed by atoms with Crippen LogP contribution < -0.4 is 15.1 Å². The molecular formula is C48H58N4O13S3-2. The van der Waals surface area contributed by atoms with Gasteiger partial charge >= 0.3 is 5.97 Å². The molecule has 0 spiro atoms. The summed E-state index contributed by atoms with van der Waals surface area (Å²) in [6, 6.07) is 10.1. The highest BCUT2D eigenvalue weighted by molar-refractivity contribution is 7.94. The molecule has 68 heavy (non-hydrogen) atoms. The van der Waals surface area contributed by atoms with Crippen LogP contribution in [0.4, 0.5) is 11.4 Å². The number of allylic oxidation sites excluding steroid dienone is 8. The Morgan fingerprint density at radius 2 is 1.46 bits per heavy atom. The summed E-state index contributed by atoms with van der Waals surface area (Å²) < 4.78 is 79.9. The van der Waals surface area contributed by atoms with Crippen LogP contribution in [0.25, 0.3) is 0 Å². The molecule has 0 N–H and O–H groups in total. The van der Waals surface area contributed by atoms with Crippen molar-refractivity contribution >= 4 is 67.1 Å². The number of hydroxylamine groups is 2. The van der Waals surface area contributed by atoms with E-state index in [1.165, 1.54) is 17.7 Å². The van der Waals surface area contributed by atoms with Gasteiger partial charge in [-0.05, 0) is 112 Å². The lowest BCUT2D eigenvalue weighted by atomic mass is 9.76. The Morgan fingerprint density at radius 1 is 0.794 bits per heavy atom. The number of anilines is 2. The van der Waals surface area contributed by atoms with Crippen LogP contribution in [0, 0.1) is 0 Å². The first-order chi connectivity index (χ1) is 32.2. The average molecular weight is 995 g/mol. The van der Waals surface area contributed by atoms with Crippen LogP contribution in [0.3, 0.4) is 0 Å². The summed E-state index contributed by atoms with van der Waals surface area (Å²) in [5.41, 5.74) is 7.23.